The van der Waals surface area contributed by atoms with Gasteiger partial charge in [-0.1, -0.05) is 22.9 Å². The van der Waals surface area contributed by atoms with E-state index in [1.165, 1.54) is 6.07 Å². The first-order valence-electron chi connectivity index (χ1n) is 6.31. The number of hydrogen-bond donors (Lipinski definition) is 2. The van der Waals surface area contributed by atoms with E-state index < -0.39 is 29.2 Å². The first-order chi connectivity index (χ1) is 9.92. The van der Waals surface area contributed by atoms with E-state index in [0.717, 1.165) is 4.47 Å². The van der Waals surface area contributed by atoms with Gasteiger partial charge in [-0.3, -0.25) is 0 Å². The number of phenols is 1. The Bertz CT molecular complexity index is 640. The lowest BCUT2D eigenvalue weighted by Crippen LogP contribution is -2.12. The number of hydrogen-bond acceptors (Lipinski definition) is 2. The summed E-state index contributed by atoms with van der Waals surface area (Å²) in [4.78, 5) is 0. The maximum absolute atomic E-state index is 13.7. The van der Waals surface area contributed by atoms with Crippen LogP contribution in [0, 0.1) is 17.5 Å². The van der Waals surface area contributed by atoms with Crippen LogP contribution in [0.5, 0.6) is 5.75 Å². The van der Waals surface area contributed by atoms with Crippen LogP contribution >= 0.6 is 15.9 Å². The molecule has 0 aliphatic rings. The zero-order chi connectivity index (χ0) is 15.6. The van der Waals surface area contributed by atoms with E-state index in [1.54, 1.807) is 19.1 Å². The summed E-state index contributed by atoms with van der Waals surface area (Å²) in [5, 5.41) is 12.6. The zero-order valence-electron chi connectivity index (χ0n) is 11.1. The van der Waals surface area contributed by atoms with Crippen LogP contribution in [0.25, 0.3) is 0 Å². The lowest BCUT2D eigenvalue weighted by atomic mass is 10.0. The van der Waals surface area contributed by atoms with E-state index in [0.29, 0.717) is 24.1 Å². The van der Waals surface area contributed by atoms with Gasteiger partial charge in [0.05, 0.1) is 6.04 Å². The standard InChI is InChI=1S/C15H13BrF3NO/c1-2-13(10-5-8(16)3-4-14(10)21)20-15-11(18)6-9(17)7-12(15)19/h3-7,13,20-21H,2H2,1H3. The summed E-state index contributed by atoms with van der Waals surface area (Å²) < 4.78 is 41.0. The third kappa shape index (κ3) is 3.50. The number of phenolic OH excluding ortho intramolecular Hbond substituents is 1. The average molecular weight is 360 g/mol. The van der Waals surface area contributed by atoms with Gasteiger partial charge in [-0.2, -0.15) is 0 Å². The third-order valence-electron chi connectivity index (χ3n) is 3.10. The summed E-state index contributed by atoms with van der Waals surface area (Å²) in [6, 6.07) is 5.51. The van der Waals surface area contributed by atoms with E-state index in [-0.39, 0.29) is 5.75 Å². The Morgan fingerprint density at radius 2 is 1.76 bits per heavy atom. The summed E-state index contributed by atoms with van der Waals surface area (Å²) in [6.07, 6.45) is 0.472. The molecular formula is C15H13BrF3NO. The largest absolute Gasteiger partial charge is 0.508 e. The van der Waals surface area contributed by atoms with Gasteiger partial charge in [0.25, 0.3) is 0 Å². The number of nitrogens with one attached hydrogen (secondary N) is 1. The fourth-order valence-corrected chi connectivity index (χ4v) is 2.44. The Labute approximate surface area is 128 Å². The van der Waals surface area contributed by atoms with Gasteiger partial charge in [0.1, 0.15) is 17.3 Å². The topological polar surface area (TPSA) is 32.3 Å². The average Bonchev–Trinajstić information content (AvgIpc) is 2.41. The van der Waals surface area contributed by atoms with E-state index in [2.05, 4.69) is 21.2 Å². The molecule has 0 aliphatic carbocycles. The van der Waals surface area contributed by atoms with Crippen molar-refractivity contribution in [3.05, 3.63) is 57.8 Å². The molecule has 0 radical (unpaired) electrons. The molecule has 1 atom stereocenters. The molecule has 0 aromatic heterocycles. The zero-order valence-corrected chi connectivity index (χ0v) is 12.7. The van der Waals surface area contributed by atoms with Crippen LogP contribution in [-0.4, -0.2) is 5.11 Å². The number of aromatic hydroxyl groups is 1. The Kier molecular flexibility index (Phi) is 4.77. The number of anilines is 1. The Morgan fingerprint density at radius 1 is 1.14 bits per heavy atom. The highest BCUT2D eigenvalue weighted by atomic mass is 79.9. The molecule has 0 saturated heterocycles. The highest BCUT2D eigenvalue weighted by molar-refractivity contribution is 9.10. The summed E-state index contributed by atoms with van der Waals surface area (Å²) >= 11 is 3.28. The van der Waals surface area contributed by atoms with E-state index in [4.69, 9.17) is 0 Å². The van der Waals surface area contributed by atoms with Crippen LogP contribution < -0.4 is 5.32 Å². The summed E-state index contributed by atoms with van der Waals surface area (Å²) in [7, 11) is 0. The molecule has 2 aromatic rings. The van der Waals surface area contributed by atoms with Gasteiger partial charge in [-0.25, -0.2) is 13.2 Å². The lowest BCUT2D eigenvalue weighted by molar-refractivity contribution is 0.461. The van der Waals surface area contributed by atoms with Crippen LogP contribution in [0.1, 0.15) is 24.9 Å². The van der Waals surface area contributed by atoms with Gasteiger partial charge in [0.2, 0.25) is 0 Å². The van der Waals surface area contributed by atoms with Crippen molar-refractivity contribution in [2.75, 3.05) is 5.32 Å². The van der Waals surface area contributed by atoms with E-state index >= 15 is 0 Å². The predicted molar refractivity (Wildman–Crippen MR) is 78.8 cm³/mol. The second-order valence-corrected chi connectivity index (χ2v) is 5.47. The molecular weight excluding hydrogens is 347 g/mol. The number of rotatable bonds is 4. The maximum atomic E-state index is 13.7. The molecule has 21 heavy (non-hydrogen) atoms. The second kappa shape index (κ2) is 6.39. The SMILES string of the molecule is CCC(Nc1c(F)cc(F)cc1F)c1cc(Br)ccc1O. The van der Waals surface area contributed by atoms with Crippen LogP contribution in [0.4, 0.5) is 18.9 Å². The maximum Gasteiger partial charge on any atom is 0.152 e. The molecule has 2 nitrogen and oxygen atoms in total. The lowest BCUT2D eigenvalue weighted by Gasteiger charge is -2.21. The minimum absolute atomic E-state index is 0.0143. The van der Waals surface area contributed by atoms with Crippen molar-refractivity contribution in [3.8, 4) is 5.75 Å². The Balaban J connectivity index is 2.38. The van der Waals surface area contributed by atoms with Crippen LogP contribution in [-0.2, 0) is 0 Å². The molecule has 1 unspecified atom stereocenters. The molecule has 0 heterocycles. The van der Waals surface area contributed by atoms with E-state index in [9.17, 15) is 18.3 Å². The first kappa shape index (κ1) is 15.7. The minimum atomic E-state index is -1.01. The molecule has 0 aliphatic heterocycles. The Morgan fingerprint density at radius 3 is 2.33 bits per heavy atom. The number of benzene rings is 2. The molecule has 2 N–H and O–H groups in total. The van der Waals surface area contributed by atoms with Crippen molar-refractivity contribution in [3.63, 3.8) is 0 Å². The van der Waals surface area contributed by atoms with Gasteiger partial charge in [-0.15, -0.1) is 0 Å². The van der Waals surface area contributed by atoms with Gasteiger partial charge < -0.3 is 10.4 Å². The van der Waals surface area contributed by atoms with Crippen molar-refractivity contribution >= 4 is 21.6 Å². The highest BCUT2D eigenvalue weighted by Gasteiger charge is 2.19. The summed E-state index contributed by atoms with van der Waals surface area (Å²) in [6.45, 7) is 1.80. The van der Waals surface area contributed by atoms with Crippen molar-refractivity contribution in [2.24, 2.45) is 0 Å². The van der Waals surface area contributed by atoms with Crippen LogP contribution in [0.3, 0.4) is 0 Å². The molecule has 2 rings (SSSR count). The fraction of sp³-hybridized carbons (Fsp3) is 0.200. The van der Waals surface area contributed by atoms with Gasteiger partial charge >= 0.3 is 0 Å². The van der Waals surface area contributed by atoms with Crippen molar-refractivity contribution in [2.45, 2.75) is 19.4 Å². The van der Waals surface area contributed by atoms with Gasteiger partial charge in [-0.05, 0) is 24.6 Å². The molecule has 6 heteroatoms. The van der Waals surface area contributed by atoms with Crippen molar-refractivity contribution in [1.29, 1.82) is 0 Å². The molecule has 112 valence electrons. The van der Waals surface area contributed by atoms with Crippen molar-refractivity contribution in [1.82, 2.24) is 0 Å². The Hall–Kier alpha value is -1.69. The quantitative estimate of drug-likeness (QED) is 0.792. The first-order valence-corrected chi connectivity index (χ1v) is 7.11. The molecule has 0 fully saturated rings. The van der Waals surface area contributed by atoms with Gasteiger partial charge in [0, 0.05) is 22.2 Å². The highest BCUT2D eigenvalue weighted by Crippen LogP contribution is 2.33. The summed E-state index contributed by atoms with van der Waals surface area (Å²) in [5.74, 6) is -2.99. The number of halogens is 4. The van der Waals surface area contributed by atoms with Gasteiger partial charge in [0.15, 0.2) is 11.6 Å². The van der Waals surface area contributed by atoms with Crippen molar-refractivity contribution < 1.29 is 18.3 Å². The third-order valence-corrected chi connectivity index (χ3v) is 3.59. The molecule has 0 spiro atoms. The molecule has 2 aromatic carbocycles. The second-order valence-electron chi connectivity index (χ2n) is 4.55. The molecule has 0 bridgehead atoms. The van der Waals surface area contributed by atoms with E-state index in [1.807, 2.05) is 0 Å². The minimum Gasteiger partial charge on any atom is -0.508 e. The molecule has 0 saturated carbocycles. The smallest absolute Gasteiger partial charge is 0.152 e. The normalized spacial score (nSPS) is 12.2. The predicted octanol–water partition coefficient (Wildman–Crippen LogP) is 5.14. The van der Waals surface area contributed by atoms with Crippen LogP contribution in [0.15, 0.2) is 34.8 Å². The summed E-state index contributed by atoms with van der Waals surface area (Å²) in [5.41, 5.74) is 0.0811. The van der Waals surface area contributed by atoms with Crippen LogP contribution in [0.2, 0.25) is 0 Å². The monoisotopic (exact) mass is 359 g/mol. The molecule has 0 amide bonds. The fourth-order valence-electron chi connectivity index (χ4n) is 2.06.